The van der Waals surface area contributed by atoms with Gasteiger partial charge in [-0.05, 0) is 75.9 Å². The van der Waals surface area contributed by atoms with E-state index in [4.69, 9.17) is 12.6 Å². The average Bonchev–Trinajstić information content (AvgIpc) is 2.65. The Morgan fingerprint density at radius 2 is 1.96 bits per heavy atom. The molecule has 2 nitrogen and oxygen atoms in total. The Kier molecular flexibility index (Phi) is 6.96. The van der Waals surface area contributed by atoms with Crippen molar-refractivity contribution >= 4 is 35.8 Å². The number of aryl methyl sites for hydroxylation is 1. The highest BCUT2D eigenvalue weighted by Crippen LogP contribution is 2.35. The standard InChI is InChI=1S/C22H30N2S2/c1-17-11-12-19(26-3)16-21(17)24(20-9-4-5-10-22(20)25)15-13-18-8-6-7-14-23(18)2/h4-5,9-12,16,18,25H,6-8,13-15H2,1-3H3. The van der Waals surface area contributed by atoms with E-state index in [0.29, 0.717) is 6.04 Å². The van der Waals surface area contributed by atoms with E-state index in [0.717, 1.165) is 11.4 Å². The van der Waals surface area contributed by atoms with E-state index in [1.54, 1.807) is 11.8 Å². The minimum Gasteiger partial charge on any atom is -0.340 e. The summed E-state index contributed by atoms with van der Waals surface area (Å²) >= 11 is 6.55. The molecule has 1 heterocycles. The molecule has 0 amide bonds. The molecule has 1 atom stereocenters. The number of piperidine rings is 1. The molecule has 0 aliphatic carbocycles. The van der Waals surface area contributed by atoms with Gasteiger partial charge < -0.3 is 9.80 Å². The number of hydrogen-bond acceptors (Lipinski definition) is 4. The van der Waals surface area contributed by atoms with Crippen LogP contribution in [-0.2, 0) is 0 Å². The molecule has 26 heavy (non-hydrogen) atoms. The molecule has 0 saturated carbocycles. The van der Waals surface area contributed by atoms with Crippen LogP contribution in [0, 0.1) is 6.92 Å². The molecule has 3 rings (SSSR count). The number of likely N-dealkylation sites (tertiary alicyclic amines) is 1. The summed E-state index contributed by atoms with van der Waals surface area (Å²) in [4.78, 5) is 7.36. The van der Waals surface area contributed by atoms with Crippen molar-refractivity contribution in [3.63, 3.8) is 0 Å². The molecule has 0 aromatic heterocycles. The third-order valence-electron chi connectivity index (χ3n) is 5.49. The van der Waals surface area contributed by atoms with Crippen LogP contribution in [0.5, 0.6) is 0 Å². The van der Waals surface area contributed by atoms with Crippen LogP contribution in [0.3, 0.4) is 0 Å². The van der Waals surface area contributed by atoms with Gasteiger partial charge in [0.25, 0.3) is 0 Å². The van der Waals surface area contributed by atoms with Crippen LogP contribution in [0.4, 0.5) is 11.4 Å². The molecule has 1 saturated heterocycles. The van der Waals surface area contributed by atoms with Crippen molar-refractivity contribution in [2.24, 2.45) is 0 Å². The van der Waals surface area contributed by atoms with Gasteiger partial charge in [-0.2, -0.15) is 0 Å². The predicted octanol–water partition coefficient (Wildman–Crippen LogP) is 6.02. The van der Waals surface area contributed by atoms with Crippen molar-refractivity contribution in [2.75, 3.05) is 31.3 Å². The first-order valence-corrected chi connectivity index (χ1v) is 11.2. The molecule has 0 bridgehead atoms. The largest absolute Gasteiger partial charge is 0.340 e. The summed E-state index contributed by atoms with van der Waals surface area (Å²) in [5.41, 5.74) is 3.82. The quantitative estimate of drug-likeness (QED) is 0.479. The predicted molar refractivity (Wildman–Crippen MR) is 119 cm³/mol. The molecule has 140 valence electrons. The smallest absolute Gasteiger partial charge is 0.0546 e. The van der Waals surface area contributed by atoms with Crippen molar-refractivity contribution in [2.45, 2.75) is 48.4 Å². The number of thioether (sulfide) groups is 1. The first kappa shape index (κ1) is 19.7. The average molecular weight is 387 g/mol. The molecule has 0 spiro atoms. The number of nitrogens with zero attached hydrogens (tertiary/aromatic N) is 2. The third-order valence-corrected chi connectivity index (χ3v) is 6.59. The summed E-state index contributed by atoms with van der Waals surface area (Å²) < 4.78 is 0. The number of hydrogen-bond donors (Lipinski definition) is 1. The van der Waals surface area contributed by atoms with Crippen LogP contribution in [0.15, 0.2) is 52.3 Å². The van der Waals surface area contributed by atoms with Crippen LogP contribution in [0.25, 0.3) is 0 Å². The van der Waals surface area contributed by atoms with E-state index < -0.39 is 0 Å². The fraction of sp³-hybridized carbons (Fsp3) is 0.455. The number of thiol groups is 1. The Balaban J connectivity index is 1.91. The summed E-state index contributed by atoms with van der Waals surface area (Å²) in [5.74, 6) is 0. The van der Waals surface area contributed by atoms with E-state index in [2.05, 4.69) is 72.5 Å². The van der Waals surface area contributed by atoms with E-state index in [1.807, 2.05) is 0 Å². The number of anilines is 2. The molecule has 1 aliphatic rings. The Hall–Kier alpha value is -1.10. The van der Waals surface area contributed by atoms with E-state index in [9.17, 15) is 0 Å². The molecule has 2 aromatic rings. The highest BCUT2D eigenvalue weighted by atomic mass is 32.2. The Labute approximate surface area is 168 Å². The van der Waals surface area contributed by atoms with Gasteiger partial charge in [0.1, 0.15) is 0 Å². The minimum atomic E-state index is 0.683. The van der Waals surface area contributed by atoms with Gasteiger partial charge in [0, 0.05) is 28.1 Å². The van der Waals surface area contributed by atoms with Crippen molar-refractivity contribution < 1.29 is 0 Å². The Morgan fingerprint density at radius 1 is 1.15 bits per heavy atom. The van der Waals surface area contributed by atoms with Crippen LogP contribution >= 0.6 is 24.4 Å². The molecule has 1 aliphatic heterocycles. The van der Waals surface area contributed by atoms with Gasteiger partial charge in [0.2, 0.25) is 0 Å². The van der Waals surface area contributed by atoms with Crippen LogP contribution in [0.1, 0.15) is 31.2 Å². The van der Waals surface area contributed by atoms with Gasteiger partial charge in [-0.15, -0.1) is 24.4 Å². The second-order valence-corrected chi connectivity index (χ2v) is 8.57. The van der Waals surface area contributed by atoms with Crippen LogP contribution in [-0.4, -0.2) is 37.3 Å². The Morgan fingerprint density at radius 3 is 2.69 bits per heavy atom. The van der Waals surface area contributed by atoms with Gasteiger partial charge in [-0.25, -0.2) is 0 Å². The lowest BCUT2D eigenvalue weighted by Crippen LogP contribution is -2.38. The van der Waals surface area contributed by atoms with Crippen molar-refractivity contribution in [1.82, 2.24) is 4.90 Å². The maximum absolute atomic E-state index is 4.75. The van der Waals surface area contributed by atoms with Gasteiger partial charge in [-0.3, -0.25) is 0 Å². The lowest BCUT2D eigenvalue weighted by molar-refractivity contribution is 0.178. The number of benzene rings is 2. The van der Waals surface area contributed by atoms with Gasteiger partial charge in [0.15, 0.2) is 0 Å². The first-order chi connectivity index (χ1) is 12.6. The van der Waals surface area contributed by atoms with Crippen molar-refractivity contribution in [1.29, 1.82) is 0 Å². The summed E-state index contributed by atoms with van der Waals surface area (Å²) in [5, 5.41) is 0. The van der Waals surface area contributed by atoms with Gasteiger partial charge >= 0.3 is 0 Å². The maximum atomic E-state index is 4.75. The van der Waals surface area contributed by atoms with E-state index in [1.165, 1.54) is 54.1 Å². The fourth-order valence-electron chi connectivity index (χ4n) is 3.86. The van der Waals surface area contributed by atoms with Gasteiger partial charge in [-0.1, -0.05) is 24.6 Å². The van der Waals surface area contributed by atoms with Gasteiger partial charge in [0.05, 0.1) is 5.69 Å². The summed E-state index contributed by atoms with van der Waals surface area (Å²) in [6, 6.07) is 15.9. The molecule has 0 radical (unpaired) electrons. The normalized spacial score (nSPS) is 18.1. The topological polar surface area (TPSA) is 6.48 Å². The second-order valence-electron chi connectivity index (χ2n) is 7.21. The lowest BCUT2D eigenvalue weighted by Gasteiger charge is -2.35. The number of rotatable bonds is 6. The zero-order chi connectivity index (χ0) is 18.5. The van der Waals surface area contributed by atoms with Crippen LogP contribution < -0.4 is 4.90 Å². The lowest BCUT2D eigenvalue weighted by atomic mass is 9.99. The SMILES string of the molecule is CSc1ccc(C)c(N(CCC2CCCCN2C)c2ccccc2S)c1. The fourth-order valence-corrected chi connectivity index (χ4v) is 4.57. The minimum absolute atomic E-state index is 0.683. The summed E-state index contributed by atoms with van der Waals surface area (Å²) in [7, 11) is 2.28. The molecule has 2 aromatic carbocycles. The molecule has 1 unspecified atom stereocenters. The van der Waals surface area contributed by atoms with Crippen LogP contribution in [0.2, 0.25) is 0 Å². The molecule has 1 fully saturated rings. The number of para-hydroxylation sites is 1. The highest BCUT2D eigenvalue weighted by molar-refractivity contribution is 7.98. The zero-order valence-electron chi connectivity index (χ0n) is 16.1. The van der Waals surface area contributed by atoms with Crippen molar-refractivity contribution in [3.05, 3.63) is 48.0 Å². The van der Waals surface area contributed by atoms with E-state index in [-0.39, 0.29) is 0 Å². The molecule has 0 N–H and O–H groups in total. The monoisotopic (exact) mass is 386 g/mol. The Bertz CT molecular complexity index is 732. The molecular weight excluding hydrogens is 356 g/mol. The molecule has 4 heteroatoms. The van der Waals surface area contributed by atoms with E-state index >= 15 is 0 Å². The second kappa shape index (κ2) is 9.20. The zero-order valence-corrected chi connectivity index (χ0v) is 17.8. The third kappa shape index (κ3) is 4.59. The van der Waals surface area contributed by atoms with Crippen molar-refractivity contribution in [3.8, 4) is 0 Å². The summed E-state index contributed by atoms with van der Waals surface area (Å²) in [6.07, 6.45) is 7.34. The maximum Gasteiger partial charge on any atom is 0.0546 e. The summed E-state index contributed by atoms with van der Waals surface area (Å²) in [6.45, 7) is 4.46. The molecular formula is C22H30N2S2. The highest BCUT2D eigenvalue weighted by Gasteiger charge is 2.21. The first-order valence-electron chi connectivity index (χ1n) is 9.50.